The minimum Gasteiger partial charge on any atom is -0.396 e. The van der Waals surface area contributed by atoms with Crippen LogP contribution in [0.15, 0.2) is 41.2 Å². The van der Waals surface area contributed by atoms with Gasteiger partial charge in [0, 0.05) is 36.5 Å². The quantitative estimate of drug-likeness (QED) is 0.577. The van der Waals surface area contributed by atoms with Crippen molar-refractivity contribution in [1.82, 2.24) is 20.7 Å². The molecule has 1 aromatic carbocycles. The fraction of sp³-hybridized carbons (Fsp3) is 0.316. The minimum absolute atomic E-state index is 0.0269. The lowest BCUT2D eigenvalue weighted by Gasteiger charge is -2.28. The van der Waals surface area contributed by atoms with E-state index >= 15 is 0 Å². The van der Waals surface area contributed by atoms with Crippen molar-refractivity contribution >= 4 is 11.4 Å². The van der Waals surface area contributed by atoms with Crippen LogP contribution in [0.1, 0.15) is 19.4 Å². The van der Waals surface area contributed by atoms with Crippen LogP contribution in [0.2, 0.25) is 0 Å². The zero-order valence-electron chi connectivity index (χ0n) is 16.2. The van der Waals surface area contributed by atoms with Crippen molar-refractivity contribution in [2.24, 2.45) is 5.41 Å². The third-order valence-corrected chi connectivity index (χ3v) is 4.67. The number of fused-ring (bicyclic) bond motifs is 1. The van der Waals surface area contributed by atoms with Gasteiger partial charge in [-0.1, -0.05) is 19.0 Å². The van der Waals surface area contributed by atoms with E-state index in [2.05, 4.69) is 26.1 Å². The summed E-state index contributed by atoms with van der Waals surface area (Å²) < 4.78 is 44.8. The molecule has 0 fully saturated rings. The number of aromatic nitrogens is 3. The number of nitrogens with zero attached hydrogens (tertiary/aromatic N) is 4. The molecule has 3 N–H and O–H groups in total. The Morgan fingerprint density at radius 1 is 1.20 bits per heavy atom. The highest BCUT2D eigenvalue weighted by Crippen LogP contribution is 2.37. The Balaban J connectivity index is 1.62. The molecule has 4 rings (SSSR count). The van der Waals surface area contributed by atoms with E-state index < -0.39 is 11.7 Å². The third-order valence-electron chi connectivity index (χ3n) is 4.67. The predicted octanol–water partition coefficient (Wildman–Crippen LogP) is 3.49. The molecule has 2 aromatic heterocycles. The fourth-order valence-corrected chi connectivity index (χ4v) is 3.06. The van der Waals surface area contributed by atoms with Gasteiger partial charge >= 0.3 is 6.18 Å². The molecular weight excluding hydrogens is 401 g/mol. The van der Waals surface area contributed by atoms with E-state index in [9.17, 15) is 18.3 Å². The molecule has 0 saturated heterocycles. The molecule has 30 heavy (non-hydrogen) atoms. The lowest BCUT2D eigenvalue weighted by atomic mass is 9.94. The Bertz CT molecular complexity index is 1070. The molecule has 8 nitrogen and oxygen atoms in total. The van der Waals surface area contributed by atoms with Crippen molar-refractivity contribution in [3.8, 4) is 22.8 Å². The van der Waals surface area contributed by atoms with Gasteiger partial charge in [0.05, 0.1) is 22.5 Å². The first kappa shape index (κ1) is 20.1. The van der Waals surface area contributed by atoms with Crippen LogP contribution in [0.4, 0.5) is 24.5 Å². The first-order valence-corrected chi connectivity index (χ1v) is 9.08. The zero-order chi connectivity index (χ0) is 21.5. The molecule has 0 saturated carbocycles. The standard InChI is InChI=1S/C19H19F3N6O2/c1-18(2,10-29)9-28-15-4-3-11(7-14(15)25-27-28)16-24-17(30-26-16)12-5-6-23-8-13(12)19(20,21)22/h3-8,25,27,29H,9-10H2,1-2H3. The van der Waals surface area contributed by atoms with Gasteiger partial charge in [-0.05, 0) is 24.3 Å². The number of benzene rings is 1. The number of pyridine rings is 1. The van der Waals surface area contributed by atoms with Crippen molar-refractivity contribution in [2.75, 3.05) is 23.6 Å². The maximum absolute atomic E-state index is 13.2. The smallest absolute Gasteiger partial charge is 0.396 e. The molecule has 0 spiro atoms. The molecule has 11 heteroatoms. The fourth-order valence-electron chi connectivity index (χ4n) is 3.06. The normalized spacial score (nSPS) is 14.0. The van der Waals surface area contributed by atoms with Gasteiger partial charge in [-0.3, -0.25) is 9.99 Å². The summed E-state index contributed by atoms with van der Waals surface area (Å²) in [5, 5.41) is 15.2. The number of anilines is 2. The average Bonchev–Trinajstić information content (AvgIpc) is 3.34. The summed E-state index contributed by atoms with van der Waals surface area (Å²) in [6.45, 7) is 4.46. The van der Waals surface area contributed by atoms with Crippen LogP contribution in [0.25, 0.3) is 22.8 Å². The number of hydrogen-bond donors (Lipinski definition) is 3. The summed E-state index contributed by atoms with van der Waals surface area (Å²) in [6.07, 6.45) is -2.62. The van der Waals surface area contributed by atoms with Gasteiger partial charge in [-0.25, -0.2) is 0 Å². The highest BCUT2D eigenvalue weighted by molar-refractivity contribution is 5.78. The second-order valence-corrected chi connectivity index (χ2v) is 7.72. The lowest BCUT2D eigenvalue weighted by Crippen LogP contribution is -2.43. The summed E-state index contributed by atoms with van der Waals surface area (Å²) in [5.41, 5.74) is 6.73. The van der Waals surface area contributed by atoms with E-state index in [-0.39, 0.29) is 29.3 Å². The Kier molecular flexibility index (Phi) is 4.86. The van der Waals surface area contributed by atoms with Crippen molar-refractivity contribution in [3.63, 3.8) is 0 Å². The van der Waals surface area contributed by atoms with Crippen molar-refractivity contribution in [1.29, 1.82) is 0 Å². The van der Waals surface area contributed by atoms with Crippen LogP contribution in [0, 0.1) is 5.41 Å². The van der Waals surface area contributed by atoms with Gasteiger partial charge in [0.25, 0.3) is 5.89 Å². The Hall–Kier alpha value is -3.18. The molecule has 3 aromatic rings. The average molecular weight is 420 g/mol. The Morgan fingerprint density at radius 3 is 2.73 bits per heavy atom. The maximum atomic E-state index is 13.2. The predicted molar refractivity (Wildman–Crippen MR) is 103 cm³/mol. The van der Waals surface area contributed by atoms with Gasteiger partial charge in [-0.15, -0.1) is 5.53 Å². The molecule has 3 heterocycles. The van der Waals surface area contributed by atoms with Crippen LogP contribution < -0.4 is 16.0 Å². The molecule has 1 aliphatic heterocycles. The largest absolute Gasteiger partial charge is 0.418 e. The van der Waals surface area contributed by atoms with Crippen molar-refractivity contribution in [3.05, 3.63) is 42.2 Å². The van der Waals surface area contributed by atoms with E-state index in [1.807, 2.05) is 24.9 Å². The molecule has 0 aliphatic carbocycles. The van der Waals surface area contributed by atoms with Gasteiger partial charge < -0.3 is 15.1 Å². The van der Waals surface area contributed by atoms with Crippen molar-refractivity contribution in [2.45, 2.75) is 20.0 Å². The SMILES string of the molecule is CC(C)(CO)CN1NNc2cc(-c3noc(-c4ccncc4C(F)(F)F)n3)ccc21. The topological polar surface area (TPSA) is 99.3 Å². The second kappa shape index (κ2) is 7.26. The molecule has 0 bridgehead atoms. The summed E-state index contributed by atoms with van der Waals surface area (Å²) in [7, 11) is 0. The molecule has 0 amide bonds. The molecule has 0 atom stereocenters. The van der Waals surface area contributed by atoms with E-state index in [4.69, 9.17) is 4.52 Å². The lowest BCUT2D eigenvalue weighted by molar-refractivity contribution is -0.137. The monoisotopic (exact) mass is 420 g/mol. The van der Waals surface area contributed by atoms with Gasteiger partial charge in [0.1, 0.15) is 0 Å². The molecule has 1 aliphatic rings. The number of halogens is 3. The van der Waals surface area contributed by atoms with Crippen LogP contribution in [-0.2, 0) is 6.18 Å². The third kappa shape index (κ3) is 3.81. The van der Waals surface area contributed by atoms with Crippen LogP contribution >= 0.6 is 0 Å². The maximum Gasteiger partial charge on any atom is 0.418 e. The molecular formula is C19H19F3N6O2. The van der Waals surface area contributed by atoms with E-state index in [1.165, 1.54) is 12.3 Å². The van der Waals surface area contributed by atoms with Crippen LogP contribution in [0.5, 0.6) is 0 Å². The second-order valence-electron chi connectivity index (χ2n) is 7.72. The summed E-state index contributed by atoms with van der Waals surface area (Å²) in [6, 6.07) is 6.53. The first-order valence-electron chi connectivity index (χ1n) is 9.08. The highest BCUT2D eigenvalue weighted by Gasteiger charge is 2.35. The summed E-state index contributed by atoms with van der Waals surface area (Å²) >= 11 is 0. The summed E-state index contributed by atoms with van der Waals surface area (Å²) in [4.78, 5) is 7.68. The van der Waals surface area contributed by atoms with E-state index in [0.29, 0.717) is 12.1 Å². The number of aliphatic hydroxyl groups is 1. The number of rotatable bonds is 5. The zero-order valence-corrected chi connectivity index (χ0v) is 16.2. The van der Waals surface area contributed by atoms with E-state index in [0.717, 1.165) is 17.6 Å². The number of nitrogens with one attached hydrogen (secondary N) is 2. The van der Waals surface area contributed by atoms with Crippen molar-refractivity contribution < 1.29 is 22.8 Å². The Labute approximate surface area is 169 Å². The van der Waals surface area contributed by atoms with Gasteiger partial charge in [-0.2, -0.15) is 18.2 Å². The van der Waals surface area contributed by atoms with Crippen LogP contribution in [-0.4, -0.2) is 33.4 Å². The van der Waals surface area contributed by atoms with Gasteiger partial charge in [0.2, 0.25) is 5.82 Å². The van der Waals surface area contributed by atoms with Gasteiger partial charge in [0.15, 0.2) is 0 Å². The minimum atomic E-state index is -4.59. The number of hydrogen-bond acceptors (Lipinski definition) is 8. The van der Waals surface area contributed by atoms with E-state index in [1.54, 1.807) is 12.1 Å². The number of hydrazine groups is 2. The first-order chi connectivity index (χ1) is 14.2. The molecule has 158 valence electrons. The summed E-state index contributed by atoms with van der Waals surface area (Å²) in [5.74, 6) is -0.0775. The highest BCUT2D eigenvalue weighted by atomic mass is 19.4. The number of alkyl halides is 3. The van der Waals surface area contributed by atoms with Crippen LogP contribution in [0.3, 0.4) is 0 Å². The Morgan fingerprint density at radius 2 is 2.00 bits per heavy atom. The molecule has 0 unspecified atom stereocenters. The molecule has 0 radical (unpaired) electrons. The number of aliphatic hydroxyl groups excluding tert-OH is 1.